The van der Waals surface area contributed by atoms with E-state index in [9.17, 15) is 18.5 Å². The molecule has 1 aromatic heterocycles. The third kappa shape index (κ3) is 4.24. The van der Waals surface area contributed by atoms with Gasteiger partial charge in [-0.15, -0.1) is 0 Å². The topological polar surface area (TPSA) is 94.2 Å². The minimum absolute atomic E-state index is 0.0222. The second-order valence-electron chi connectivity index (χ2n) is 8.14. The molecule has 30 heavy (non-hydrogen) atoms. The molecule has 3 rings (SSSR count). The summed E-state index contributed by atoms with van der Waals surface area (Å²) in [6.45, 7) is 9.60. The molecule has 0 bridgehead atoms. The smallest absolute Gasteiger partial charge is 0.289 e. The Labute approximate surface area is 176 Å². The third-order valence-electron chi connectivity index (χ3n) is 5.36. The lowest BCUT2D eigenvalue weighted by Gasteiger charge is -2.24. The first kappa shape index (κ1) is 22.0. The lowest BCUT2D eigenvalue weighted by molar-refractivity contribution is -0.388. The van der Waals surface area contributed by atoms with Crippen LogP contribution in [0.5, 0.6) is 0 Å². The molecule has 1 heterocycles. The highest BCUT2D eigenvalue weighted by molar-refractivity contribution is 7.89. The Morgan fingerprint density at radius 2 is 1.77 bits per heavy atom. The second-order valence-corrected chi connectivity index (χ2v) is 9.79. The van der Waals surface area contributed by atoms with Crippen LogP contribution in [-0.4, -0.2) is 24.0 Å². The van der Waals surface area contributed by atoms with Crippen LogP contribution < -0.4 is 4.72 Å². The predicted octanol–water partition coefficient (Wildman–Crippen LogP) is 4.48. The van der Waals surface area contributed by atoms with Crippen molar-refractivity contribution in [3.8, 4) is 0 Å². The van der Waals surface area contributed by atoms with Crippen LogP contribution in [0.1, 0.15) is 30.5 Å². The molecule has 3 aromatic rings. The van der Waals surface area contributed by atoms with Gasteiger partial charge in [-0.2, -0.15) is 0 Å². The highest BCUT2D eigenvalue weighted by Crippen LogP contribution is 2.29. The Bertz CT molecular complexity index is 1210. The van der Waals surface area contributed by atoms with Gasteiger partial charge < -0.3 is 4.57 Å². The number of aromatic nitrogens is 1. The molecule has 0 amide bonds. The molecule has 7 nitrogen and oxygen atoms in total. The quantitative estimate of drug-likeness (QED) is 0.443. The normalized spacial score (nSPS) is 13.1. The molecular formula is C22H27N3O4S. The number of para-hydroxylation sites is 1. The van der Waals surface area contributed by atoms with Crippen LogP contribution in [0.2, 0.25) is 0 Å². The Kier molecular flexibility index (Phi) is 6.01. The van der Waals surface area contributed by atoms with Crippen molar-refractivity contribution in [1.82, 2.24) is 9.29 Å². The van der Waals surface area contributed by atoms with Gasteiger partial charge in [0.05, 0.1) is 4.92 Å². The van der Waals surface area contributed by atoms with Crippen LogP contribution in [0, 0.1) is 36.8 Å². The Morgan fingerprint density at radius 3 is 2.40 bits per heavy atom. The summed E-state index contributed by atoms with van der Waals surface area (Å²) in [6, 6.07) is 10.5. The monoisotopic (exact) mass is 429 g/mol. The van der Waals surface area contributed by atoms with Crippen molar-refractivity contribution >= 4 is 26.6 Å². The van der Waals surface area contributed by atoms with Gasteiger partial charge in [-0.1, -0.05) is 38.1 Å². The van der Waals surface area contributed by atoms with Crippen LogP contribution in [0.15, 0.2) is 47.5 Å². The van der Waals surface area contributed by atoms with E-state index >= 15 is 0 Å². The molecule has 8 heteroatoms. The van der Waals surface area contributed by atoms with Gasteiger partial charge in [-0.25, -0.2) is 13.1 Å². The largest absolute Gasteiger partial charge is 0.346 e. The zero-order valence-electron chi connectivity index (χ0n) is 17.8. The van der Waals surface area contributed by atoms with E-state index in [0.29, 0.717) is 17.7 Å². The lowest BCUT2D eigenvalue weighted by Crippen LogP contribution is -2.41. The number of fused-ring (bicyclic) bond motifs is 1. The van der Waals surface area contributed by atoms with Crippen molar-refractivity contribution in [3.63, 3.8) is 0 Å². The standard InChI is InChI=1S/C22H27N3O4S/c1-14(2)19(13-24-12-17(5)18-8-6-7-9-20(18)24)23-30(28,29)22-16(4)10-15(3)11-21(22)25(26)27/h6-12,14,19,23H,13H2,1-5H3/t19-/m1/s1. The maximum atomic E-state index is 13.2. The average molecular weight is 430 g/mol. The minimum atomic E-state index is -4.10. The van der Waals surface area contributed by atoms with E-state index < -0.39 is 26.7 Å². The van der Waals surface area contributed by atoms with Gasteiger partial charge in [-0.05, 0) is 49.4 Å². The number of hydrogen-bond donors (Lipinski definition) is 1. The maximum absolute atomic E-state index is 13.2. The molecule has 0 fully saturated rings. The number of benzene rings is 2. The lowest BCUT2D eigenvalue weighted by atomic mass is 10.1. The molecule has 2 aromatic carbocycles. The number of nitro groups is 1. The summed E-state index contributed by atoms with van der Waals surface area (Å²) in [6.07, 6.45) is 2.01. The van der Waals surface area contributed by atoms with Crippen molar-refractivity contribution in [1.29, 1.82) is 0 Å². The van der Waals surface area contributed by atoms with Crippen molar-refractivity contribution in [3.05, 3.63) is 69.4 Å². The first-order chi connectivity index (χ1) is 14.0. The molecule has 1 atom stereocenters. The van der Waals surface area contributed by atoms with Gasteiger partial charge in [0.1, 0.15) is 0 Å². The fraction of sp³-hybridized carbons (Fsp3) is 0.364. The Morgan fingerprint density at radius 1 is 1.10 bits per heavy atom. The molecule has 0 unspecified atom stereocenters. The highest BCUT2D eigenvalue weighted by Gasteiger charge is 2.31. The van der Waals surface area contributed by atoms with E-state index in [2.05, 4.69) is 4.72 Å². The molecule has 0 aliphatic carbocycles. The molecule has 160 valence electrons. The number of sulfonamides is 1. The summed E-state index contributed by atoms with van der Waals surface area (Å²) in [5, 5.41) is 12.7. The molecule has 0 saturated carbocycles. The summed E-state index contributed by atoms with van der Waals surface area (Å²) in [5.41, 5.74) is 2.75. The predicted molar refractivity (Wildman–Crippen MR) is 118 cm³/mol. The fourth-order valence-electron chi connectivity index (χ4n) is 3.85. The maximum Gasteiger partial charge on any atom is 0.289 e. The first-order valence-corrected chi connectivity index (χ1v) is 11.3. The molecule has 0 aliphatic heterocycles. The van der Waals surface area contributed by atoms with Gasteiger partial charge in [0.2, 0.25) is 10.0 Å². The van der Waals surface area contributed by atoms with E-state index in [1.807, 2.05) is 55.8 Å². The van der Waals surface area contributed by atoms with Crippen LogP contribution in [0.4, 0.5) is 5.69 Å². The first-order valence-electron chi connectivity index (χ1n) is 9.83. The van der Waals surface area contributed by atoms with Crippen LogP contribution in [-0.2, 0) is 16.6 Å². The van der Waals surface area contributed by atoms with Crippen LogP contribution in [0.25, 0.3) is 10.9 Å². The van der Waals surface area contributed by atoms with E-state index in [1.54, 1.807) is 19.9 Å². The van der Waals surface area contributed by atoms with E-state index in [1.165, 1.54) is 6.07 Å². The molecule has 0 saturated heterocycles. The average Bonchev–Trinajstić information content (AvgIpc) is 2.96. The van der Waals surface area contributed by atoms with Crippen molar-refractivity contribution < 1.29 is 13.3 Å². The Hall–Kier alpha value is -2.71. The number of nitro benzene ring substituents is 1. The molecule has 0 radical (unpaired) electrons. The molecule has 0 aliphatic rings. The van der Waals surface area contributed by atoms with Crippen LogP contribution in [0.3, 0.4) is 0 Å². The van der Waals surface area contributed by atoms with Crippen LogP contribution >= 0.6 is 0 Å². The van der Waals surface area contributed by atoms with Gasteiger partial charge in [0.25, 0.3) is 5.69 Å². The zero-order chi connectivity index (χ0) is 22.2. The summed E-state index contributed by atoms with van der Waals surface area (Å²) >= 11 is 0. The van der Waals surface area contributed by atoms with Gasteiger partial charge in [-0.3, -0.25) is 10.1 Å². The SMILES string of the molecule is Cc1cc(C)c(S(=O)(=O)N[C@H](Cn2cc(C)c3ccccc32)C(C)C)c([N+](=O)[O-])c1. The summed E-state index contributed by atoms with van der Waals surface area (Å²) in [5.74, 6) is -0.0222. The number of hydrogen-bond acceptors (Lipinski definition) is 4. The third-order valence-corrected chi connectivity index (χ3v) is 7.04. The summed E-state index contributed by atoms with van der Waals surface area (Å²) in [4.78, 5) is 10.6. The molecular weight excluding hydrogens is 402 g/mol. The number of nitrogens with zero attached hydrogens (tertiary/aromatic N) is 2. The van der Waals surface area contributed by atoms with Gasteiger partial charge >= 0.3 is 0 Å². The Balaban J connectivity index is 2.00. The summed E-state index contributed by atoms with van der Waals surface area (Å²) < 4.78 is 31.2. The summed E-state index contributed by atoms with van der Waals surface area (Å²) in [7, 11) is -4.10. The number of rotatable bonds is 7. The van der Waals surface area contributed by atoms with Crippen molar-refractivity contribution in [2.45, 2.75) is 52.1 Å². The molecule has 0 spiro atoms. The van der Waals surface area contributed by atoms with Gasteiger partial charge in [0, 0.05) is 35.8 Å². The number of aryl methyl sites for hydroxylation is 3. The highest BCUT2D eigenvalue weighted by atomic mass is 32.2. The van der Waals surface area contributed by atoms with Crippen molar-refractivity contribution in [2.24, 2.45) is 5.92 Å². The molecule has 1 N–H and O–H groups in total. The van der Waals surface area contributed by atoms with Gasteiger partial charge in [0.15, 0.2) is 4.90 Å². The van der Waals surface area contributed by atoms with E-state index in [-0.39, 0.29) is 10.8 Å². The number of nitrogens with one attached hydrogen (secondary N) is 1. The zero-order valence-corrected chi connectivity index (χ0v) is 18.7. The van der Waals surface area contributed by atoms with E-state index in [0.717, 1.165) is 16.5 Å². The fourth-order valence-corrected chi connectivity index (χ4v) is 5.61. The minimum Gasteiger partial charge on any atom is -0.346 e. The van der Waals surface area contributed by atoms with E-state index in [4.69, 9.17) is 0 Å². The second kappa shape index (κ2) is 8.20. The van der Waals surface area contributed by atoms with Crippen molar-refractivity contribution in [2.75, 3.05) is 0 Å².